The molecule has 1 amide bonds. The van der Waals surface area contributed by atoms with Gasteiger partial charge in [-0.2, -0.15) is 0 Å². The fraction of sp³-hybridized carbons (Fsp3) is 0.333. The fourth-order valence-corrected chi connectivity index (χ4v) is 6.34. The fourth-order valence-electron chi connectivity index (χ4n) is 4.90. The van der Waals surface area contributed by atoms with E-state index in [0.717, 1.165) is 16.7 Å². The van der Waals surface area contributed by atoms with Crippen LogP contribution >= 0.6 is 0 Å². The molecule has 0 saturated heterocycles. The summed E-state index contributed by atoms with van der Waals surface area (Å²) in [7, 11) is -4.02. The number of nitrogens with zero attached hydrogens (tertiary/aromatic N) is 1. The van der Waals surface area contributed by atoms with E-state index < -0.39 is 22.0 Å². The second-order valence-electron chi connectivity index (χ2n) is 8.89. The van der Waals surface area contributed by atoms with Crippen molar-refractivity contribution in [3.8, 4) is 0 Å². The molecule has 1 unspecified atom stereocenters. The molecule has 1 aliphatic rings. The molecule has 0 aliphatic carbocycles. The van der Waals surface area contributed by atoms with Gasteiger partial charge in [0, 0.05) is 28.9 Å². The highest BCUT2D eigenvalue weighted by Crippen LogP contribution is 2.40. The molecule has 0 bridgehead atoms. The van der Waals surface area contributed by atoms with Crippen LogP contribution in [-0.4, -0.2) is 39.5 Å². The number of ether oxygens (including phenoxy) is 1. The van der Waals surface area contributed by atoms with Crippen molar-refractivity contribution in [1.82, 2.24) is 4.72 Å². The minimum absolute atomic E-state index is 0.0816. The van der Waals surface area contributed by atoms with Crippen molar-refractivity contribution in [3.05, 3.63) is 70.8 Å². The molecular weight excluding hydrogens is 464 g/mol. The van der Waals surface area contributed by atoms with E-state index >= 15 is 0 Å². The predicted octanol–water partition coefficient (Wildman–Crippen LogP) is 4.28. The molecule has 1 atom stereocenters. The molecule has 1 heterocycles. The van der Waals surface area contributed by atoms with Gasteiger partial charge in [-0.3, -0.25) is 9.59 Å². The van der Waals surface area contributed by atoms with Gasteiger partial charge >= 0.3 is 5.97 Å². The van der Waals surface area contributed by atoms with Crippen LogP contribution in [0, 0.1) is 13.8 Å². The van der Waals surface area contributed by atoms with E-state index in [1.807, 2.05) is 39.0 Å². The standard InChI is InChI=1S/C27H30N2O5S/c1-5-29-23-10-11-24(21-8-7-9-22(26(21)23)27(29)31)35(32,33)28-20(16-25(30)34-6-2)15-19-13-17(3)12-18(4)14-19/h7-14,20,28H,5-6,15-16H2,1-4H3. The first-order chi connectivity index (χ1) is 16.6. The Morgan fingerprint density at radius 1 is 1.06 bits per heavy atom. The highest BCUT2D eigenvalue weighted by Gasteiger charge is 2.32. The van der Waals surface area contributed by atoms with Crippen LogP contribution in [0.5, 0.6) is 0 Å². The molecule has 0 aromatic heterocycles. The van der Waals surface area contributed by atoms with Gasteiger partial charge in [0.2, 0.25) is 10.0 Å². The molecule has 184 valence electrons. The molecule has 3 aromatic carbocycles. The van der Waals surface area contributed by atoms with E-state index in [-0.39, 0.29) is 23.8 Å². The van der Waals surface area contributed by atoms with Crippen LogP contribution in [0.4, 0.5) is 5.69 Å². The maximum atomic E-state index is 13.6. The van der Waals surface area contributed by atoms with Crippen molar-refractivity contribution in [2.75, 3.05) is 18.1 Å². The highest BCUT2D eigenvalue weighted by molar-refractivity contribution is 7.89. The van der Waals surface area contributed by atoms with E-state index in [1.165, 1.54) is 6.07 Å². The van der Waals surface area contributed by atoms with Gasteiger partial charge in [0.05, 0.1) is 23.6 Å². The third-order valence-electron chi connectivity index (χ3n) is 6.15. The number of sulfonamides is 1. The van der Waals surface area contributed by atoms with Crippen LogP contribution in [0.1, 0.15) is 47.3 Å². The lowest BCUT2D eigenvalue weighted by molar-refractivity contribution is -0.143. The first-order valence-electron chi connectivity index (χ1n) is 11.8. The van der Waals surface area contributed by atoms with Gasteiger partial charge < -0.3 is 9.64 Å². The van der Waals surface area contributed by atoms with Crippen molar-refractivity contribution in [1.29, 1.82) is 0 Å². The Bertz CT molecular complexity index is 1390. The van der Waals surface area contributed by atoms with Crippen LogP contribution in [0.25, 0.3) is 10.8 Å². The zero-order chi connectivity index (χ0) is 25.3. The third kappa shape index (κ3) is 4.94. The smallest absolute Gasteiger partial charge is 0.307 e. The summed E-state index contributed by atoms with van der Waals surface area (Å²) >= 11 is 0. The summed E-state index contributed by atoms with van der Waals surface area (Å²) in [6, 6.07) is 13.7. The summed E-state index contributed by atoms with van der Waals surface area (Å²) in [5, 5.41) is 1.12. The van der Waals surface area contributed by atoms with Gasteiger partial charge in [-0.1, -0.05) is 41.5 Å². The quantitative estimate of drug-likeness (QED) is 0.448. The van der Waals surface area contributed by atoms with E-state index in [2.05, 4.69) is 4.72 Å². The van der Waals surface area contributed by atoms with Gasteiger partial charge in [0.15, 0.2) is 0 Å². The molecular formula is C27H30N2O5S. The molecule has 3 aromatic rings. The summed E-state index contributed by atoms with van der Waals surface area (Å²) in [6.45, 7) is 8.27. The predicted molar refractivity (Wildman–Crippen MR) is 136 cm³/mol. The molecule has 4 rings (SSSR count). The average Bonchev–Trinajstić information content (AvgIpc) is 3.05. The molecule has 0 saturated carbocycles. The molecule has 1 aliphatic heterocycles. The number of amides is 1. The maximum Gasteiger partial charge on any atom is 0.307 e. The van der Waals surface area contributed by atoms with Gasteiger partial charge in [0.25, 0.3) is 5.91 Å². The van der Waals surface area contributed by atoms with Crippen molar-refractivity contribution >= 4 is 38.4 Å². The number of esters is 1. The molecule has 8 heteroatoms. The van der Waals surface area contributed by atoms with Gasteiger partial charge in [-0.15, -0.1) is 0 Å². The highest BCUT2D eigenvalue weighted by atomic mass is 32.2. The van der Waals surface area contributed by atoms with Crippen LogP contribution in [0.2, 0.25) is 0 Å². The lowest BCUT2D eigenvalue weighted by Gasteiger charge is -2.20. The maximum absolute atomic E-state index is 13.6. The summed E-state index contributed by atoms with van der Waals surface area (Å²) < 4.78 is 35.1. The van der Waals surface area contributed by atoms with Crippen LogP contribution in [-0.2, 0) is 26.0 Å². The lowest BCUT2D eigenvalue weighted by atomic mass is 10.00. The Balaban J connectivity index is 1.72. The first-order valence-corrected chi connectivity index (χ1v) is 13.3. The van der Waals surface area contributed by atoms with Crippen LogP contribution < -0.4 is 9.62 Å². The lowest BCUT2D eigenvalue weighted by Crippen LogP contribution is -2.38. The number of hydrogen-bond acceptors (Lipinski definition) is 5. The summed E-state index contributed by atoms with van der Waals surface area (Å²) in [5.74, 6) is -0.597. The minimum Gasteiger partial charge on any atom is -0.466 e. The number of hydrogen-bond donors (Lipinski definition) is 1. The van der Waals surface area contributed by atoms with E-state index in [4.69, 9.17) is 4.74 Å². The number of nitrogens with one attached hydrogen (secondary N) is 1. The van der Waals surface area contributed by atoms with Crippen LogP contribution in [0.3, 0.4) is 0 Å². The number of benzene rings is 3. The topological polar surface area (TPSA) is 92.8 Å². The van der Waals surface area contributed by atoms with E-state index in [1.54, 1.807) is 36.1 Å². The Morgan fingerprint density at radius 2 is 1.77 bits per heavy atom. The number of anilines is 1. The summed E-state index contributed by atoms with van der Waals surface area (Å²) in [4.78, 5) is 26.8. The average molecular weight is 495 g/mol. The number of aryl methyl sites for hydroxylation is 2. The van der Waals surface area contributed by atoms with Gasteiger partial charge in [-0.25, -0.2) is 13.1 Å². The molecule has 0 radical (unpaired) electrons. The molecule has 35 heavy (non-hydrogen) atoms. The summed E-state index contributed by atoms with van der Waals surface area (Å²) in [6.07, 6.45) is 0.243. The SMILES string of the molecule is CCOC(=O)CC(Cc1cc(C)cc(C)c1)NS(=O)(=O)c1ccc2c3c(cccc13)C(=O)N2CC. The van der Waals surface area contributed by atoms with Crippen molar-refractivity contribution in [2.24, 2.45) is 0 Å². The Hall–Kier alpha value is -3.23. The first kappa shape index (κ1) is 24.9. The molecule has 0 spiro atoms. The zero-order valence-corrected chi connectivity index (χ0v) is 21.2. The second kappa shape index (κ2) is 9.79. The van der Waals surface area contributed by atoms with Crippen LogP contribution in [0.15, 0.2) is 53.4 Å². The second-order valence-corrected chi connectivity index (χ2v) is 10.6. The third-order valence-corrected chi connectivity index (χ3v) is 7.73. The summed E-state index contributed by atoms with van der Waals surface area (Å²) in [5.41, 5.74) is 4.27. The molecule has 7 nitrogen and oxygen atoms in total. The van der Waals surface area contributed by atoms with Crippen molar-refractivity contribution in [3.63, 3.8) is 0 Å². The van der Waals surface area contributed by atoms with E-state index in [9.17, 15) is 18.0 Å². The number of rotatable bonds is 9. The van der Waals surface area contributed by atoms with Gasteiger partial charge in [0.1, 0.15) is 0 Å². The normalized spacial score (nSPS) is 13.9. The van der Waals surface area contributed by atoms with Gasteiger partial charge in [-0.05, 0) is 57.9 Å². The minimum atomic E-state index is -4.02. The Kier molecular flexibility index (Phi) is 6.96. The van der Waals surface area contributed by atoms with Crippen molar-refractivity contribution in [2.45, 2.75) is 51.5 Å². The Morgan fingerprint density at radius 3 is 2.43 bits per heavy atom. The number of carbonyl (C=O) groups is 2. The largest absolute Gasteiger partial charge is 0.466 e. The monoisotopic (exact) mass is 494 g/mol. The molecule has 0 fully saturated rings. The Labute approximate surface area is 206 Å². The van der Waals surface area contributed by atoms with Crippen molar-refractivity contribution < 1.29 is 22.7 Å². The number of carbonyl (C=O) groups excluding carboxylic acids is 2. The zero-order valence-electron chi connectivity index (χ0n) is 20.4. The molecule has 1 N–H and O–H groups in total. The van der Waals surface area contributed by atoms with E-state index in [0.29, 0.717) is 35.0 Å².